The summed E-state index contributed by atoms with van der Waals surface area (Å²) < 4.78 is 13.8. The molecule has 0 unspecified atom stereocenters. The first-order valence-electron chi connectivity index (χ1n) is 7.03. The Morgan fingerprint density at radius 2 is 2.21 bits per heavy atom. The minimum Gasteiger partial charge on any atom is -0.382 e. The standard InChI is InChI=1S/C15H21FN2O/c1-2-9-17-14-12(7-4-8-13(14)16)15(19)18-10-11-5-3-6-11/h4,7-8,11,17H,2-3,5-6,9-10H2,1H3,(H,18,19). The third-order valence-electron chi connectivity index (χ3n) is 3.59. The topological polar surface area (TPSA) is 41.1 Å². The fraction of sp³-hybridized carbons (Fsp3) is 0.533. The molecule has 1 amide bonds. The zero-order valence-electron chi connectivity index (χ0n) is 11.3. The van der Waals surface area contributed by atoms with Gasteiger partial charge < -0.3 is 10.6 Å². The van der Waals surface area contributed by atoms with Gasteiger partial charge in [0.2, 0.25) is 0 Å². The molecule has 1 aromatic carbocycles. The predicted octanol–water partition coefficient (Wildman–Crippen LogP) is 3.18. The molecule has 1 aliphatic rings. The van der Waals surface area contributed by atoms with Crippen molar-refractivity contribution in [2.75, 3.05) is 18.4 Å². The van der Waals surface area contributed by atoms with Gasteiger partial charge in [-0.1, -0.05) is 19.4 Å². The number of halogens is 1. The van der Waals surface area contributed by atoms with Crippen LogP contribution in [0.1, 0.15) is 43.0 Å². The Morgan fingerprint density at radius 3 is 2.84 bits per heavy atom. The Hall–Kier alpha value is -1.58. The zero-order chi connectivity index (χ0) is 13.7. The minimum atomic E-state index is -0.371. The third-order valence-corrected chi connectivity index (χ3v) is 3.59. The average Bonchev–Trinajstić information content (AvgIpc) is 2.35. The molecule has 0 radical (unpaired) electrons. The van der Waals surface area contributed by atoms with Crippen molar-refractivity contribution >= 4 is 11.6 Å². The molecule has 0 bridgehead atoms. The summed E-state index contributed by atoms with van der Waals surface area (Å²) in [5, 5.41) is 5.89. The van der Waals surface area contributed by atoms with Gasteiger partial charge in [-0.15, -0.1) is 0 Å². The van der Waals surface area contributed by atoms with Crippen LogP contribution >= 0.6 is 0 Å². The van der Waals surface area contributed by atoms with Crippen LogP contribution in [-0.2, 0) is 0 Å². The van der Waals surface area contributed by atoms with E-state index in [9.17, 15) is 9.18 Å². The first kappa shape index (κ1) is 13.8. The summed E-state index contributed by atoms with van der Waals surface area (Å²) in [6, 6.07) is 4.61. The molecule has 104 valence electrons. The van der Waals surface area contributed by atoms with E-state index in [4.69, 9.17) is 0 Å². The van der Waals surface area contributed by atoms with Crippen molar-refractivity contribution in [3.63, 3.8) is 0 Å². The lowest BCUT2D eigenvalue weighted by molar-refractivity contribution is 0.0939. The fourth-order valence-electron chi connectivity index (χ4n) is 2.17. The van der Waals surface area contributed by atoms with Crippen LogP contribution in [0.2, 0.25) is 0 Å². The number of hydrogen-bond donors (Lipinski definition) is 2. The van der Waals surface area contributed by atoms with Crippen molar-refractivity contribution in [2.45, 2.75) is 32.6 Å². The number of nitrogens with one attached hydrogen (secondary N) is 2. The van der Waals surface area contributed by atoms with Crippen molar-refractivity contribution in [2.24, 2.45) is 5.92 Å². The van der Waals surface area contributed by atoms with Crippen LogP contribution in [-0.4, -0.2) is 19.0 Å². The Morgan fingerprint density at radius 1 is 1.42 bits per heavy atom. The van der Waals surface area contributed by atoms with Gasteiger partial charge in [-0.25, -0.2) is 4.39 Å². The van der Waals surface area contributed by atoms with Gasteiger partial charge in [-0.3, -0.25) is 4.79 Å². The van der Waals surface area contributed by atoms with Gasteiger partial charge in [0.05, 0.1) is 11.3 Å². The minimum absolute atomic E-state index is 0.190. The zero-order valence-corrected chi connectivity index (χ0v) is 11.3. The molecule has 2 rings (SSSR count). The van der Waals surface area contributed by atoms with E-state index >= 15 is 0 Å². The van der Waals surface area contributed by atoms with Gasteiger partial charge in [-0.05, 0) is 37.3 Å². The molecule has 0 saturated heterocycles. The quantitative estimate of drug-likeness (QED) is 0.828. The van der Waals surface area contributed by atoms with Crippen molar-refractivity contribution < 1.29 is 9.18 Å². The van der Waals surface area contributed by atoms with E-state index in [-0.39, 0.29) is 11.7 Å². The van der Waals surface area contributed by atoms with Crippen LogP contribution < -0.4 is 10.6 Å². The molecule has 1 aromatic rings. The summed E-state index contributed by atoms with van der Waals surface area (Å²) in [5.41, 5.74) is 0.711. The van der Waals surface area contributed by atoms with Crippen molar-refractivity contribution in [3.8, 4) is 0 Å². The molecular weight excluding hydrogens is 243 g/mol. The molecule has 4 heteroatoms. The number of carbonyl (C=O) groups is 1. The van der Waals surface area contributed by atoms with E-state index in [0.717, 1.165) is 6.42 Å². The number of benzene rings is 1. The van der Waals surface area contributed by atoms with E-state index in [1.807, 2.05) is 6.92 Å². The lowest BCUT2D eigenvalue weighted by Gasteiger charge is -2.25. The molecular formula is C15H21FN2O. The lowest BCUT2D eigenvalue weighted by atomic mass is 9.85. The number of anilines is 1. The predicted molar refractivity (Wildman–Crippen MR) is 74.9 cm³/mol. The second kappa shape index (κ2) is 6.55. The van der Waals surface area contributed by atoms with Crippen LogP contribution in [0.15, 0.2) is 18.2 Å². The molecule has 1 aliphatic carbocycles. The molecule has 3 nitrogen and oxygen atoms in total. The Bertz CT molecular complexity index is 444. The highest BCUT2D eigenvalue weighted by molar-refractivity contribution is 5.99. The maximum absolute atomic E-state index is 13.8. The van der Waals surface area contributed by atoms with E-state index in [0.29, 0.717) is 30.3 Å². The molecule has 0 aromatic heterocycles. The van der Waals surface area contributed by atoms with E-state index in [1.54, 1.807) is 12.1 Å². The maximum Gasteiger partial charge on any atom is 0.253 e. The number of hydrogen-bond acceptors (Lipinski definition) is 2. The lowest BCUT2D eigenvalue weighted by Crippen LogP contribution is -2.32. The second-order valence-corrected chi connectivity index (χ2v) is 5.10. The van der Waals surface area contributed by atoms with Gasteiger partial charge >= 0.3 is 0 Å². The highest BCUT2D eigenvalue weighted by Gasteiger charge is 2.20. The highest BCUT2D eigenvalue weighted by Crippen LogP contribution is 2.25. The van der Waals surface area contributed by atoms with E-state index in [2.05, 4.69) is 10.6 Å². The smallest absolute Gasteiger partial charge is 0.253 e. The molecule has 1 saturated carbocycles. The summed E-state index contributed by atoms with van der Waals surface area (Å²) in [6.45, 7) is 3.36. The van der Waals surface area contributed by atoms with Crippen LogP contribution in [0.5, 0.6) is 0 Å². The first-order valence-corrected chi connectivity index (χ1v) is 7.03. The molecule has 0 heterocycles. The van der Waals surface area contributed by atoms with Gasteiger partial charge in [0, 0.05) is 13.1 Å². The van der Waals surface area contributed by atoms with Crippen molar-refractivity contribution in [1.82, 2.24) is 5.32 Å². The Labute approximate surface area is 113 Å². The number of para-hydroxylation sites is 1. The molecule has 0 spiro atoms. The van der Waals surface area contributed by atoms with Gasteiger partial charge in [0.15, 0.2) is 0 Å². The summed E-state index contributed by atoms with van der Waals surface area (Å²) in [7, 11) is 0. The first-order chi connectivity index (χ1) is 9.22. The van der Waals surface area contributed by atoms with Gasteiger partial charge in [0.1, 0.15) is 5.82 Å². The van der Waals surface area contributed by atoms with Crippen LogP contribution in [0.25, 0.3) is 0 Å². The molecule has 19 heavy (non-hydrogen) atoms. The number of carbonyl (C=O) groups excluding carboxylic acids is 1. The average molecular weight is 264 g/mol. The highest BCUT2D eigenvalue weighted by atomic mass is 19.1. The monoisotopic (exact) mass is 264 g/mol. The van der Waals surface area contributed by atoms with Crippen LogP contribution in [0.4, 0.5) is 10.1 Å². The van der Waals surface area contributed by atoms with Crippen molar-refractivity contribution in [1.29, 1.82) is 0 Å². The molecule has 2 N–H and O–H groups in total. The summed E-state index contributed by atoms with van der Waals surface area (Å²) >= 11 is 0. The molecule has 0 aliphatic heterocycles. The van der Waals surface area contributed by atoms with Gasteiger partial charge in [-0.2, -0.15) is 0 Å². The van der Waals surface area contributed by atoms with E-state index in [1.165, 1.54) is 25.3 Å². The third kappa shape index (κ3) is 3.46. The second-order valence-electron chi connectivity index (χ2n) is 5.10. The largest absolute Gasteiger partial charge is 0.382 e. The van der Waals surface area contributed by atoms with Crippen LogP contribution in [0.3, 0.4) is 0 Å². The Kier molecular flexibility index (Phi) is 4.77. The summed E-state index contributed by atoms with van der Waals surface area (Å²) in [6.07, 6.45) is 4.51. The fourth-order valence-corrected chi connectivity index (χ4v) is 2.17. The normalized spacial score (nSPS) is 14.8. The van der Waals surface area contributed by atoms with Crippen molar-refractivity contribution in [3.05, 3.63) is 29.6 Å². The molecule has 1 fully saturated rings. The number of rotatable bonds is 6. The number of amides is 1. The summed E-state index contributed by atoms with van der Waals surface area (Å²) in [5.74, 6) is 0.0410. The van der Waals surface area contributed by atoms with Crippen LogP contribution in [0, 0.1) is 11.7 Å². The summed E-state index contributed by atoms with van der Waals surface area (Å²) in [4.78, 5) is 12.1. The SMILES string of the molecule is CCCNc1c(F)cccc1C(=O)NCC1CCC1. The Balaban J connectivity index is 2.03. The molecule has 0 atom stereocenters. The maximum atomic E-state index is 13.8. The van der Waals surface area contributed by atoms with Gasteiger partial charge in [0.25, 0.3) is 5.91 Å². The van der Waals surface area contributed by atoms with E-state index < -0.39 is 0 Å².